The summed E-state index contributed by atoms with van der Waals surface area (Å²) >= 11 is 0. The number of rotatable bonds is 5. The lowest BCUT2D eigenvalue weighted by Gasteiger charge is -2.27. The van der Waals surface area contributed by atoms with Gasteiger partial charge in [0.05, 0.1) is 30.9 Å². The molecule has 164 valence electrons. The standard InChI is InChI=1S/C22H20F4N2O3/c23-12-22(25,26)18-10-14(7-15-8-16(11-27)31-20(15)18)13-1-2-19(24)17(9-13)21(29)28-3-5-30-6-4-28/h1-2,7-10H,3-6,11-12,27H2. The predicted octanol–water partition coefficient (Wildman–Crippen LogP) is 4.23. The summed E-state index contributed by atoms with van der Waals surface area (Å²) in [6.07, 6.45) is 0. The van der Waals surface area contributed by atoms with Crippen molar-refractivity contribution in [2.24, 2.45) is 5.73 Å². The molecule has 1 saturated heterocycles. The van der Waals surface area contributed by atoms with E-state index in [4.69, 9.17) is 14.9 Å². The molecule has 1 amide bonds. The van der Waals surface area contributed by atoms with Crippen molar-refractivity contribution in [1.29, 1.82) is 0 Å². The summed E-state index contributed by atoms with van der Waals surface area (Å²) in [5, 5.41) is 0.312. The number of hydrogen-bond donors (Lipinski definition) is 1. The quantitative estimate of drug-likeness (QED) is 0.608. The third kappa shape index (κ3) is 4.03. The normalized spacial score (nSPS) is 14.9. The van der Waals surface area contributed by atoms with Gasteiger partial charge in [-0.1, -0.05) is 6.07 Å². The molecular formula is C22H20F4N2O3. The molecule has 4 rings (SSSR count). The summed E-state index contributed by atoms with van der Waals surface area (Å²) < 4.78 is 66.8. The van der Waals surface area contributed by atoms with Crippen LogP contribution in [0, 0.1) is 5.82 Å². The van der Waals surface area contributed by atoms with Crippen LogP contribution in [0.2, 0.25) is 0 Å². The van der Waals surface area contributed by atoms with Gasteiger partial charge in [0, 0.05) is 18.5 Å². The van der Waals surface area contributed by atoms with Crippen LogP contribution in [0.4, 0.5) is 17.6 Å². The fourth-order valence-corrected chi connectivity index (χ4v) is 3.62. The van der Waals surface area contributed by atoms with Gasteiger partial charge in [0.2, 0.25) is 0 Å². The minimum atomic E-state index is -3.79. The Hall–Kier alpha value is -2.91. The number of nitrogens with two attached hydrogens (primary N) is 1. The molecule has 1 aromatic heterocycles. The Morgan fingerprint density at radius 3 is 2.52 bits per heavy atom. The van der Waals surface area contributed by atoms with Crippen LogP contribution >= 0.6 is 0 Å². The summed E-state index contributed by atoms with van der Waals surface area (Å²) in [5.74, 6) is -4.74. The van der Waals surface area contributed by atoms with Crippen molar-refractivity contribution < 1.29 is 31.5 Å². The number of benzene rings is 2. The molecule has 2 heterocycles. The van der Waals surface area contributed by atoms with Crippen LogP contribution < -0.4 is 5.73 Å². The van der Waals surface area contributed by atoms with Gasteiger partial charge in [-0.3, -0.25) is 4.79 Å². The van der Waals surface area contributed by atoms with Gasteiger partial charge in [0.1, 0.15) is 17.2 Å². The zero-order chi connectivity index (χ0) is 22.2. The van der Waals surface area contributed by atoms with Gasteiger partial charge in [-0.05, 0) is 41.5 Å². The molecule has 0 radical (unpaired) electrons. The van der Waals surface area contributed by atoms with E-state index in [1.807, 2.05) is 0 Å². The van der Waals surface area contributed by atoms with E-state index < -0.39 is 29.9 Å². The Bertz CT molecular complexity index is 1120. The second-order valence-electron chi connectivity index (χ2n) is 7.30. The number of carbonyl (C=O) groups is 1. The molecule has 5 nitrogen and oxygen atoms in total. The summed E-state index contributed by atoms with van der Waals surface area (Å²) in [6.45, 7) is -0.547. The van der Waals surface area contributed by atoms with Gasteiger partial charge >= 0.3 is 5.92 Å². The van der Waals surface area contributed by atoms with Gasteiger partial charge in [-0.25, -0.2) is 8.78 Å². The Morgan fingerprint density at radius 2 is 1.84 bits per heavy atom. The lowest BCUT2D eigenvalue weighted by Crippen LogP contribution is -2.41. The summed E-state index contributed by atoms with van der Waals surface area (Å²) in [4.78, 5) is 14.2. The van der Waals surface area contributed by atoms with Crippen molar-refractivity contribution in [2.45, 2.75) is 12.5 Å². The highest BCUT2D eigenvalue weighted by molar-refractivity contribution is 5.96. The van der Waals surface area contributed by atoms with Crippen molar-refractivity contribution in [2.75, 3.05) is 33.0 Å². The number of ether oxygens (including phenoxy) is 1. The van der Waals surface area contributed by atoms with Crippen LogP contribution in [0.3, 0.4) is 0 Å². The Balaban J connectivity index is 1.82. The first-order valence-corrected chi connectivity index (χ1v) is 9.72. The fraction of sp³-hybridized carbons (Fsp3) is 0.318. The van der Waals surface area contributed by atoms with Crippen LogP contribution in [0.25, 0.3) is 22.1 Å². The average Bonchev–Trinajstić information content (AvgIpc) is 3.22. The third-order valence-electron chi connectivity index (χ3n) is 5.26. The predicted molar refractivity (Wildman–Crippen MR) is 106 cm³/mol. The van der Waals surface area contributed by atoms with E-state index in [9.17, 15) is 22.4 Å². The number of morpholine rings is 1. The van der Waals surface area contributed by atoms with Crippen molar-refractivity contribution in [3.8, 4) is 11.1 Å². The minimum absolute atomic E-state index is 0.0145. The molecule has 0 unspecified atom stereocenters. The summed E-state index contributed by atoms with van der Waals surface area (Å²) in [5.41, 5.74) is 5.20. The molecule has 1 fully saturated rings. The van der Waals surface area contributed by atoms with Gasteiger partial charge < -0.3 is 19.8 Å². The molecule has 0 spiro atoms. The Kier molecular flexibility index (Phi) is 5.72. The smallest absolute Gasteiger partial charge is 0.304 e. The summed E-state index contributed by atoms with van der Waals surface area (Å²) in [6, 6.07) is 7.97. The first kappa shape index (κ1) is 21.3. The highest BCUT2D eigenvalue weighted by Gasteiger charge is 2.36. The minimum Gasteiger partial charge on any atom is -0.459 e. The number of nitrogens with zero attached hydrogens (tertiary/aromatic N) is 1. The lowest BCUT2D eigenvalue weighted by molar-refractivity contribution is -0.0274. The SMILES string of the molecule is NCc1cc2cc(-c3ccc(F)c(C(=O)N4CCOCC4)c3)cc(C(F)(F)CF)c2o1. The van der Waals surface area contributed by atoms with E-state index in [-0.39, 0.29) is 29.0 Å². The summed E-state index contributed by atoms with van der Waals surface area (Å²) in [7, 11) is 0. The molecule has 1 aliphatic rings. The third-order valence-corrected chi connectivity index (χ3v) is 5.26. The van der Waals surface area contributed by atoms with E-state index in [1.165, 1.54) is 23.1 Å². The van der Waals surface area contributed by atoms with Gasteiger partial charge in [-0.15, -0.1) is 0 Å². The highest BCUT2D eigenvalue weighted by atomic mass is 19.3. The molecule has 0 atom stereocenters. The van der Waals surface area contributed by atoms with Crippen molar-refractivity contribution in [1.82, 2.24) is 4.90 Å². The molecule has 2 aromatic carbocycles. The second-order valence-corrected chi connectivity index (χ2v) is 7.30. The first-order chi connectivity index (χ1) is 14.8. The van der Waals surface area contributed by atoms with Gasteiger partial charge in [0.15, 0.2) is 6.67 Å². The molecule has 3 aromatic rings. The molecule has 0 saturated carbocycles. The zero-order valence-electron chi connectivity index (χ0n) is 16.5. The topological polar surface area (TPSA) is 68.7 Å². The number of amides is 1. The van der Waals surface area contributed by atoms with E-state index in [1.54, 1.807) is 6.07 Å². The first-order valence-electron chi connectivity index (χ1n) is 9.72. The second kappa shape index (κ2) is 8.32. The van der Waals surface area contributed by atoms with E-state index in [2.05, 4.69) is 0 Å². The molecule has 9 heteroatoms. The van der Waals surface area contributed by atoms with Crippen molar-refractivity contribution in [3.63, 3.8) is 0 Å². The molecule has 0 aliphatic carbocycles. The zero-order valence-corrected chi connectivity index (χ0v) is 16.5. The van der Waals surface area contributed by atoms with Crippen LogP contribution in [0.15, 0.2) is 40.8 Å². The molecule has 0 bridgehead atoms. The number of furan rings is 1. The lowest BCUT2D eigenvalue weighted by atomic mass is 9.96. The van der Waals surface area contributed by atoms with Crippen molar-refractivity contribution >= 4 is 16.9 Å². The van der Waals surface area contributed by atoms with E-state index in [0.29, 0.717) is 37.3 Å². The van der Waals surface area contributed by atoms with Crippen LogP contribution in [0.1, 0.15) is 21.7 Å². The van der Waals surface area contributed by atoms with Crippen LogP contribution in [-0.2, 0) is 17.2 Å². The monoisotopic (exact) mass is 436 g/mol. The maximum atomic E-state index is 14.4. The van der Waals surface area contributed by atoms with Gasteiger partial charge in [0.25, 0.3) is 5.91 Å². The molecular weight excluding hydrogens is 416 g/mol. The highest BCUT2D eigenvalue weighted by Crippen LogP contribution is 2.39. The number of hydrogen-bond acceptors (Lipinski definition) is 4. The Morgan fingerprint density at radius 1 is 1.10 bits per heavy atom. The molecule has 2 N–H and O–H groups in total. The van der Waals surface area contributed by atoms with Crippen LogP contribution in [-0.4, -0.2) is 43.8 Å². The number of fused-ring (bicyclic) bond motifs is 1. The number of halogens is 4. The average molecular weight is 436 g/mol. The van der Waals surface area contributed by atoms with Gasteiger partial charge in [-0.2, -0.15) is 8.78 Å². The van der Waals surface area contributed by atoms with E-state index >= 15 is 0 Å². The maximum Gasteiger partial charge on any atom is 0.304 e. The number of carbonyl (C=O) groups excluding carboxylic acids is 1. The number of alkyl halides is 3. The van der Waals surface area contributed by atoms with E-state index in [0.717, 1.165) is 12.1 Å². The fourth-order valence-electron chi connectivity index (χ4n) is 3.62. The van der Waals surface area contributed by atoms with Crippen LogP contribution in [0.5, 0.6) is 0 Å². The Labute approximate surface area is 175 Å². The molecule has 1 aliphatic heterocycles. The molecule has 31 heavy (non-hydrogen) atoms. The largest absolute Gasteiger partial charge is 0.459 e. The maximum absolute atomic E-state index is 14.4. The van der Waals surface area contributed by atoms with Crippen molar-refractivity contribution in [3.05, 3.63) is 59.1 Å².